The van der Waals surface area contributed by atoms with Crippen LogP contribution in [0.25, 0.3) is 0 Å². The summed E-state index contributed by atoms with van der Waals surface area (Å²) in [6, 6.07) is 9.43. The van der Waals surface area contributed by atoms with Crippen LogP contribution < -0.4 is 0 Å². The molecule has 0 radical (unpaired) electrons. The van der Waals surface area contributed by atoms with Crippen molar-refractivity contribution in [2.45, 2.75) is 32.3 Å². The Morgan fingerprint density at radius 1 is 1.42 bits per heavy atom. The summed E-state index contributed by atoms with van der Waals surface area (Å²) in [6.45, 7) is 5.60. The number of benzene rings is 1. The van der Waals surface area contributed by atoms with Crippen molar-refractivity contribution in [1.82, 2.24) is 10.1 Å². The van der Waals surface area contributed by atoms with Crippen LogP contribution in [0.3, 0.4) is 0 Å². The van der Waals surface area contributed by atoms with Crippen LogP contribution in [-0.4, -0.2) is 41.8 Å². The molecule has 1 aromatic carbocycles. The lowest BCUT2D eigenvalue weighted by molar-refractivity contribution is -0.0220. The van der Waals surface area contributed by atoms with Crippen LogP contribution in [0.4, 0.5) is 0 Å². The Bertz CT molecular complexity index is 714. The highest BCUT2D eigenvalue weighted by molar-refractivity contribution is 6.31. The molecule has 24 heavy (non-hydrogen) atoms. The van der Waals surface area contributed by atoms with Crippen molar-refractivity contribution < 1.29 is 14.1 Å². The van der Waals surface area contributed by atoms with Gasteiger partial charge in [-0.2, -0.15) is 0 Å². The summed E-state index contributed by atoms with van der Waals surface area (Å²) >= 11 is 6.21. The number of morpholine rings is 1. The lowest BCUT2D eigenvalue weighted by Gasteiger charge is -2.32. The molecule has 0 aliphatic carbocycles. The van der Waals surface area contributed by atoms with Crippen molar-refractivity contribution in [3.8, 4) is 0 Å². The first-order valence-corrected chi connectivity index (χ1v) is 8.53. The van der Waals surface area contributed by atoms with E-state index in [1.54, 1.807) is 11.0 Å². The van der Waals surface area contributed by atoms with Crippen molar-refractivity contribution >= 4 is 17.5 Å². The predicted octanol–water partition coefficient (Wildman–Crippen LogP) is 3.54. The molecule has 1 aliphatic heterocycles. The van der Waals surface area contributed by atoms with Gasteiger partial charge in [0.05, 0.1) is 18.4 Å². The third-order valence-electron chi connectivity index (χ3n) is 4.16. The molecule has 2 aromatic rings. The third-order valence-corrected chi connectivity index (χ3v) is 4.53. The highest BCUT2D eigenvalue weighted by Gasteiger charge is 2.28. The van der Waals surface area contributed by atoms with E-state index in [2.05, 4.69) is 5.16 Å². The van der Waals surface area contributed by atoms with Gasteiger partial charge in [-0.3, -0.25) is 4.79 Å². The first kappa shape index (κ1) is 17.0. The third kappa shape index (κ3) is 3.79. The monoisotopic (exact) mass is 348 g/mol. The van der Waals surface area contributed by atoms with Crippen molar-refractivity contribution in [3.63, 3.8) is 0 Å². The predicted molar refractivity (Wildman–Crippen MR) is 91.4 cm³/mol. The number of rotatable bonds is 4. The Hall–Kier alpha value is -1.85. The Balaban J connectivity index is 1.66. The molecule has 1 fully saturated rings. The SMILES string of the molecule is CC(C)c1cc(C(=O)N2CCO[C@@H](Cc3ccccc3Cl)C2)on1. The average Bonchev–Trinajstić information content (AvgIpc) is 3.07. The molecule has 5 nitrogen and oxygen atoms in total. The summed E-state index contributed by atoms with van der Waals surface area (Å²) < 4.78 is 11.0. The second kappa shape index (κ2) is 7.36. The Labute approximate surface area is 146 Å². The zero-order chi connectivity index (χ0) is 17.1. The molecule has 1 saturated heterocycles. The number of hydrogen-bond acceptors (Lipinski definition) is 4. The minimum atomic E-state index is -0.137. The number of nitrogens with zero attached hydrogens (tertiary/aromatic N) is 2. The zero-order valence-corrected chi connectivity index (χ0v) is 14.6. The molecule has 0 unspecified atom stereocenters. The number of amides is 1. The first-order valence-electron chi connectivity index (χ1n) is 8.15. The molecule has 1 aliphatic rings. The van der Waals surface area contributed by atoms with Gasteiger partial charge in [0.2, 0.25) is 5.76 Å². The van der Waals surface area contributed by atoms with Crippen molar-refractivity contribution in [2.75, 3.05) is 19.7 Å². The fourth-order valence-corrected chi connectivity index (χ4v) is 2.97. The summed E-state index contributed by atoms with van der Waals surface area (Å²) in [6.07, 6.45) is 0.604. The summed E-state index contributed by atoms with van der Waals surface area (Å²) in [7, 11) is 0. The van der Waals surface area contributed by atoms with E-state index in [1.807, 2.05) is 38.1 Å². The van der Waals surface area contributed by atoms with E-state index in [1.165, 1.54) is 0 Å². The Morgan fingerprint density at radius 3 is 2.92 bits per heavy atom. The highest BCUT2D eigenvalue weighted by Crippen LogP contribution is 2.21. The number of carbonyl (C=O) groups is 1. The van der Waals surface area contributed by atoms with Gasteiger partial charge in [-0.05, 0) is 17.5 Å². The van der Waals surface area contributed by atoms with Gasteiger partial charge in [-0.1, -0.05) is 48.8 Å². The number of aromatic nitrogens is 1. The van der Waals surface area contributed by atoms with Crippen LogP contribution in [0, 0.1) is 0 Å². The van der Waals surface area contributed by atoms with Crippen LogP contribution >= 0.6 is 11.6 Å². The summed E-state index contributed by atoms with van der Waals surface area (Å²) in [4.78, 5) is 14.4. The Morgan fingerprint density at radius 2 is 2.21 bits per heavy atom. The molecule has 1 atom stereocenters. The van der Waals surface area contributed by atoms with Gasteiger partial charge in [-0.15, -0.1) is 0 Å². The fraction of sp³-hybridized carbons (Fsp3) is 0.444. The molecule has 128 valence electrons. The van der Waals surface area contributed by atoms with E-state index < -0.39 is 0 Å². The van der Waals surface area contributed by atoms with Crippen LogP contribution in [0.1, 0.15) is 41.6 Å². The van der Waals surface area contributed by atoms with Crippen LogP contribution in [0.15, 0.2) is 34.9 Å². The lowest BCUT2D eigenvalue weighted by atomic mass is 10.1. The molecule has 6 heteroatoms. The number of ether oxygens (including phenoxy) is 1. The van der Waals surface area contributed by atoms with Crippen LogP contribution in [0.2, 0.25) is 5.02 Å². The topological polar surface area (TPSA) is 55.6 Å². The molecular formula is C18H21ClN2O3. The van der Waals surface area contributed by atoms with E-state index in [4.69, 9.17) is 20.9 Å². The maximum Gasteiger partial charge on any atom is 0.292 e. The van der Waals surface area contributed by atoms with Crippen molar-refractivity contribution in [2.24, 2.45) is 0 Å². The molecular weight excluding hydrogens is 328 g/mol. The minimum absolute atomic E-state index is 0.0740. The lowest BCUT2D eigenvalue weighted by Crippen LogP contribution is -2.46. The van der Waals surface area contributed by atoms with Crippen LogP contribution in [-0.2, 0) is 11.2 Å². The van der Waals surface area contributed by atoms with E-state index >= 15 is 0 Å². The van der Waals surface area contributed by atoms with Gasteiger partial charge >= 0.3 is 0 Å². The van der Waals surface area contributed by atoms with Crippen molar-refractivity contribution in [1.29, 1.82) is 0 Å². The molecule has 0 bridgehead atoms. The largest absolute Gasteiger partial charge is 0.374 e. The molecule has 3 rings (SSSR count). The molecule has 2 heterocycles. The van der Waals surface area contributed by atoms with Gasteiger partial charge in [0, 0.05) is 30.6 Å². The van der Waals surface area contributed by atoms with E-state index in [0.29, 0.717) is 26.1 Å². The number of hydrogen-bond donors (Lipinski definition) is 0. The second-order valence-electron chi connectivity index (χ2n) is 6.31. The molecule has 0 spiro atoms. The maximum absolute atomic E-state index is 12.6. The second-order valence-corrected chi connectivity index (χ2v) is 6.72. The highest BCUT2D eigenvalue weighted by atomic mass is 35.5. The van der Waals surface area contributed by atoms with Crippen molar-refractivity contribution in [3.05, 3.63) is 52.4 Å². The minimum Gasteiger partial charge on any atom is -0.374 e. The van der Waals surface area contributed by atoms with E-state index in [9.17, 15) is 4.79 Å². The summed E-state index contributed by atoms with van der Waals surface area (Å²) in [5.41, 5.74) is 1.82. The van der Waals surface area contributed by atoms with E-state index in [0.717, 1.165) is 16.3 Å². The summed E-state index contributed by atoms with van der Waals surface area (Å²) in [5, 5.41) is 4.68. The normalized spacial score (nSPS) is 18.2. The quantitative estimate of drug-likeness (QED) is 0.848. The molecule has 0 saturated carbocycles. The maximum atomic E-state index is 12.6. The zero-order valence-electron chi connectivity index (χ0n) is 13.9. The van der Waals surface area contributed by atoms with Crippen LogP contribution in [0.5, 0.6) is 0 Å². The number of carbonyl (C=O) groups excluding carboxylic acids is 1. The fourth-order valence-electron chi connectivity index (χ4n) is 2.75. The van der Waals surface area contributed by atoms with Gasteiger partial charge in [-0.25, -0.2) is 0 Å². The smallest absolute Gasteiger partial charge is 0.292 e. The van der Waals surface area contributed by atoms with Gasteiger partial charge in [0.15, 0.2) is 0 Å². The average molecular weight is 349 g/mol. The van der Waals surface area contributed by atoms with Gasteiger partial charge < -0.3 is 14.2 Å². The summed E-state index contributed by atoms with van der Waals surface area (Å²) in [5.74, 6) is 0.381. The van der Waals surface area contributed by atoms with Gasteiger partial charge in [0.1, 0.15) is 0 Å². The molecule has 1 aromatic heterocycles. The Kier molecular flexibility index (Phi) is 5.21. The molecule has 0 N–H and O–H groups in total. The standard InChI is InChI=1S/C18H21ClN2O3/c1-12(2)16-10-17(24-20-16)18(22)21-7-8-23-14(11-21)9-13-5-3-4-6-15(13)19/h3-6,10,12,14H,7-9,11H2,1-2H3/t14-/m0/s1. The van der Waals surface area contributed by atoms with Gasteiger partial charge in [0.25, 0.3) is 5.91 Å². The van der Waals surface area contributed by atoms with E-state index in [-0.39, 0.29) is 23.7 Å². The first-order chi connectivity index (χ1) is 11.5. The molecule has 1 amide bonds. The number of halogens is 1.